The van der Waals surface area contributed by atoms with Crippen LogP contribution in [0.2, 0.25) is 0 Å². The molecule has 1 aromatic carbocycles. The summed E-state index contributed by atoms with van der Waals surface area (Å²) in [5.41, 5.74) is 2.62. The number of hydrogen-bond donors (Lipinski definition) is 0. The highest BCUT2D eigenvalue weighted by atomic mass is 16.5. The third-order valence-electron chi connectivity index (χ3n) is 4.06. The number of nitrogens with zero attached hydrogens (tertiary/aromatic N) is 6. The van der Waals surface area contributed by atoms with Gasteiger partial charge < -0.3 is 9.42 Å². The van der Waals surface area contributed by atoms with Gasteiger partial charge in [0, 0.05) is 19.3 Å². The second-order valence-corrected chi connectivity index (χ2v) is 5.94. The van der Waals surface area contributed by atoms with E-state index in [4.69, 9.17) is 4.52 Å². The van der Waals surface area contributed by atoms with Crippen molar-refractivity contribution in [1.82, 2.24) is 29.8 Å². The average Bonchev–Trinajstić information content (AvgIpc) is 3.40. The Morgan fingerprint density at radius 2 is 1.85 bits per heavy atom. The summed E-state index contributed by atoms with van der Waals surface area (Å²) in [7, 11) is 1.72. The summed E-state index contributed by atoms with van der Waals surface area (Å²) in [6, 6.07) is 14.7. The number of hydrogen-bond acceptors (Lipinski definition) is 6. The van der Waals surface area contributed by atoms with Gasteiger partial charge in [0.2, 0.25) is 0 Å². The predicted octanol–water partition coefficient (Wildman–Crippen LogP) is 2.59. The van der Waals surface area contributed by atoms with Gasteiger partial charge in [-0.1, -0.05) is 23.4 Å². The molecule has 0 aliphatic rings. The smallest absolute Gasteiger partial charge is 0.256 e. The van der Waals surface area contributed by atoms with Gasteiger partial charge in [0.05, 0.1) is 23.5 Å². The molecule has 4 aromatic rings. The number of pyridine rings is 1. The monoisotopic (exact) mass is 360 g/mol. The molecule has 0 aliphatic carbocycles. The molecule has 1 amide bonds. The van der Waals surface area contributed by atoms with Crippen molar-refractivity contribution >= 4 is 5.91 Å². The minimum atomic E-state index is -0.143. The van der Waals surface area contributed by atoms with E-state index in [0.29, 0.717) is 22.7 Å². The molecule has 3 heterocycles. The topological polar surface area (TPSA) is 89.9 Å². The summed E-state index contributed by atoms with van der Waals surface area (Å²) in [6.45, 7) is 0.287. The molecule has 3 aromatic heterocycles. The minimum absolute atomic E-state index is 0.143. The van der Waals surface area contributed by atoms with Gasteiger partial charge in [-0.2, -0.15) is 0 Å². The van der Waals surface area contributed by atoms with Crippen LogP contribution in [0.15, 0.2) is 71.9 Å². The van der Waals surface area contributed by atoms with Crippen LogP contribution in [0.25, 0.3) is 17.1 Å². The Balaban J connectivity index is 1.54. The Morgan fingerprint density at radius 1 is 1.07 bits per heavy atom. The maximum absolute atomic E-state index is 12.9. The number of aromatic nitrogens is 5. The maximum atomic E-state index is 12.9. The summed E-state index contributed by atoms with van der Waals surface area (Å²) in [4.78, 5) is 18.8. The second-order valence-electron chi connectivity index (χ2n) is 5.94. The quantitative estimate of drug-likeness (QED) is 0.543. The summed E-state index contributed by atoms with van der Waals surface area (Å²) in [5.74, 6) is 0.434. The Labute approximate surface area is 155 Å². The lowest BCUT2D eigenvalue weighted by molar-refractivity contribution is 0.0772. The summed E-state index contributed by atoms with van der Waals surface area (Å²) < 4.78 is 7.07. The van der Waals surface area contributed by atoms with Gasteiger partial charge in [-0.05, 0) is 24.3 Å². The van der Waals surface area contributed by atoms with Crippen LogP contribution in [-0.4, -0.2) is 42.8 Å². The van der Waals surface area contributed by atoms with Crippen molar-refractivity contribution in [3.8, 4) is 17.1 Å². The van der Waals surface area contributed by atoms with Crippen LogP contribution in [-0.2, 0) is 6.54 Å². The Bertz CT molecular complexity index is 1040. The zero-order chi connectivity index (χ0) is 18.6. The lowest BCUT2D eigenvalue weighted by Crippen LogP contribution is -2.27. The van der Waals surface area contributed by atoms with Crippen molar-refractivity contribution in [1.29, 1.82) is 0 Å². The van der Waals surface area contributed by atoms with Gasteiger partial charge in [0.25, 0.3) is 5.91 Å². The first-order valence-corrected chi connectivity index (χ1v) is 8.29. The number of rotatable bonds is 5. The fourth-order valence-electron chi connectivity index (χ4n) is 2.74. The molecule has 0 atom stereocenters. The summed E-state index contributed by atoms with van der Waals surface area (Å²) in [6.07, 6.45) is 4.81. The average molecular weight is 360 g/mol. The van der Waals surface area contributed by atoms with Crippen LogP contribution in [0, 0.1) is 0 Å². The first-order valence-electron chi connectivity index (χ1n) is 8.29. The molecule has 8 heteroatoms. The van der Waals surface area contributed by atoms with Crippen LogP contribution in [0.1, 0.15) is 16.1 Å². The molecule has 0 bridgehead atoms. The molecule has 134 valence electrons. The number of benzene rings is 1. The normalized spacial score (nSPS) is 10.7. The van der Waals surface area contributed by atoms with Gasteiger partial charge in [0.1, 0.15) is 18.3 Å². The van der Waals surface area contributed by atoms with E-state index in [0.717, 1.165) is 5.69 Å². The van der Waals surface area contributed by atoms with E-state index in [1.807, 2.05) is 36.4 Å². The Hall–Kier alpha value is -3.81. The van der Waals surface area contributed by atoms with Gasteiger partial charge >= 0.3 is 0 Å². The number of carbonyl (C=O) groups is 1. The highest BCUT2D eigenvalue weighted by Gasteiger charge is 2.18. The molecule has 0 unspecified atom stereocenters. The highest BCUT2D eigenvalue weighted by molar-refractivity contribution is 5.97. The summed E-state index contributed by atoms with van der Waals surface area (Å²) >= 11 is 0. The van der Waals surface area contributed by atoms with Crippen LogP contribution < -0.4 is 0 Å². The maximum Gasteiger partial charge on any atom is 0.256 e. The van der Waals surface area contributed by atoms with E-state index < -0.39 is 0 Å². The molecule has 0 radical (unpaired) electrons. The van der Waals surface area contributed by atoms with Gasteiger partial charge in [-0.25, -0.2) is 0 Å². The van der Waals surface area contributed by atoms with Crippen molar-refractivity contribution in [2.24, 2.45) is 0 Å². The van der Waals surface area contributed by atoms with E-state index in [-0.39, 0.29) is 12.5 Å². The van der Waals surface area contributed by atoms with Crippen LogP contribution in [0.4, 0.5) is 0 Å². The first-order chi connectivity index (χ1) is 13.2. The zero-order valence-electron chi connectivity index (χ0n) is 14.6. The molecule has 0 aliphatic heterocycles. The SMILES string of the molecule is CN(Cc1cc(-c2ccccn2)no1)C(=O)c1ccccc1-n1cnnc1. The Kier molecular flexibility index (Phi) is 4.44. The number of carbonyl (C=O) groups excluding carboxylic acids is 1. The zero-order valence-corrected chi connectivity index (χ0v) is 14.6. The molecule has 27 heavy (non-hydrogen) atoms. The minimum Gasteiger partial charge on any atom is -0.359 e. The fourth-order valence-corrected chi connectivity index (χ4v) is 2.74. The molecular formula is C19H16N6O2. The molecule has 0 N–H and O–H groups in total. The standard InChI is InChI=1S/C19H16N6O2/c1-24(11-14-10-17(23-27-14)16-7-4-5-9-20-16)19(26)15-6-2-3-8-18(15)25-12-21-22-13-25/h2-10,12-13H,11H2,1H3. The molecule has 0 saturated heterocycles. The number of amides is 1. The second kappa shape index (κ2) is 7.20. The lowest BCUT2D eigenvalue weighted by atomic mass is 10.1. The van der Waals surface area contributed by atoms with Gasteiger partial charge in [0.15, 0.2) is 5.76 Å². The predicted molar refractivity (Wildman–Crippen MR) is 96.9 cm³/mol. The molecule has 4 rings (SSSR count). The van der Waals surface area contributed by atoms with Crippen molar-refractivity contribution in [3.05, 3.63) is 78.7 Å². The van der Waals surface area contributed by atoms with Gasteiger partial charge in [-0.3, -0.25) is 14.3 Å². The van der Waals surface area contributed by atoms with Crippen LogP contribution in [0.3, 0.4) is 0 Å². The van der Waals surface area contributed by atoms with Crippen molar-refractivity contribution in [2.75, 3.05) is 7.05 Å². The summed E-state index contributed by atoms with van der Waals surface area (Å²) in [5, 5.41) is 11.6. The van der Waals surface area contributed by atoms with Crippen molar-refractivity contribution in [3.63, 3.8) is 0 Å². The lowest BCUT2D eigenvalue weighted by Gasteiger charge is -2.17. The fraction of sp³-hybridized carbons (Fsp3) is 0.105. The third kappa shape index (κ3) is 3.45. The molecule has 8 nitrogen and oxygen atoms in total. The van der Waals surface area contributed by atoms with Crippen molar-refractivity contribution < 1.29 is 9.32 Å². The first kappa shape index (κ1) is 16.6. The van der Waals surface area contributed by atoms with Gasteiger partial charge in [-0.15, -0.1) is 10.2 Å². The molecule has 0 saturated carbocycles. The molecule has 0 spiro atoms. The van der Waals surface area contributed by atoms with E-state index in [2.05, 4.69) is 20.3 Å². The molecule has 0 fully saturated rings. The van der Waals surface area contributed by atoms with Crippen molar-refractivity contribution in [2.45, 2.75) is 6.54 Å². The highest BCUT2D eigenvalue weighted by Crippen LogP contribution is 2.19. The van der Waals surface area contributed by atoms with E-state index in [1.165, 1.54) is 0 Å². The van der Waals surface area contributed by atoms with E-state index in [1.54, 1.807) is 47.5 Å². The third-order valence-corrected chi connectivity index (χ3v) is 4.06. The van der Waals surface area contributed by atoms with Crippen LogP contribution in [0.5, 0.6) is 0 Å². The van der Waals surface area contributed by atoms with E-state index >= 15 is 0 Å². The van der Waals surface area contributed by atoms with Crippen LogP contribution >= 0.6 is 0 Å². The molecular weight excluding hydrogens is 344 g/mol. The van der Waals surface area contributed by atoms with E-state index in [9.17, 15) is 4.79 Å². The largest absolute Gasteiger partial charge is 0.359 e. The Morgan fingerprint density at radius 3 is 2.63 bits per heavy atom. The number of para-hydroxylation sites is 1.